The first-order chi connectivity index (χ1) is 10.0. The van der Waals surface area contributed by atoms with E-state index in [4.69, 9.17) is 0 Å². The standard InChI is InChI=1S/C12H19N5O3S/c1-2-5-14-12-15-7-9(8-16-12)21(19,20)17-10-4-3-6-13-11(10)18/h7-8,10,17H,2-6H2,1H3,(H,13,18)(H,14,15,16). The summed E-state index contributed by atoms with van der Waals surface area (Å²) >= 11 is 0. The van der Waals surface area contributed by atoms with Crippen LogP contribution in [0.3, 0.4) is 0 Å². The number of anilines is 1. The lowest BCUT2D eigenvalue weighted by atomic mass is 10.1. The van der Waals surface area contributed by atoms with Crippen molar-refractivity contribution in [1.82, 2.24) is 20.0 Å². The van der Waals surface area contributed by atoms with Gasteiger partial charge in [-0.1, -0.05) is 6.92 Å². The lowest BCUT2D eigenvalue weighted by Crippen LogP contribution is -2.50. The summed E-state index contributed by atoms with van der Waals surface area (Å²) < 4.78 is 26.7. The number of nitrogens with zero attached hydrogens (tertiary/aromatic N) is 2. The molecule has 1 fully saturated rings. The van der Waals surface area contributed by atoms with Gasteiger partial charge in [-0.3, -0.25) is 4.79 Å². The quantitative estimate of drug-likeness (QED) is 0.673. The van der Waals surface area contributed by atoms with Crippen LogP contribution in [0.2, 0.25) is 0 Å². The van der Waals surface area contributed by atoms with Crippen LogP contribution in [0.25, 0.3) is 0 Å². The maximum absolute atomic E-state index is 12.2. The largest absolute Gasteiger partial charge is 0.355 e. The Morgan fingerprint density at radius 1 is 1.38 bits per heavy atom. The number of hydrogen-bond acceptors (Lipinski definition) is 6. The second-order valence-corrected chi connectivity index (χ2v) is 6.49. The minimum atomic E-state index is -3.79. The normalized spacial score (nSPS) is 19.1. The Labute approximate surface area is 123 Å². The summed E-state index contributed by atoms with van der Waals surface area (Å²) in [5, 5.41) is 5.59. The summed E-state index contributed by atoms with van der Waals surface area (Å²) in [5.74, 6) is 0.0817. The third-order valence-electron chi connectivity index (χ3n) is 3.05. The summed E-state index contributed by atoms with van der Waals surface area (Å²) in [6, 6.07) is -0.735. The van der Waals surface area contributed by atoms with Gasteiger partial charge < -0.3 is 10.6 Å². The highest BCUT2D eigenvalue weighted by atomic mass is 32.2. The van der Waals surface area contributed by atoms with E-state index in [2.05, 4.69) is 25.3 Å². The predicted octanol–water partition coefficient (Wildman–Crippen LogP) is -0.145. The fourth-order valence-corrected chi connectivity index (χ4v) is 3.04. The monoisotopic (exact) mass is 313 g/mol. The SMILES string of the molecule is CCCNc1ncc(S(=O)(=O)NC2CCCNC2=O)cn1. The average molecular weight is 313 g/mol. The van der Waals surface area contributed by atoms with Crippen molar-refractivity contribution < 1.29 is 13.2 Å². The number of hydrogen-bond donors (Lipinski definition) is 3. The molecule has 1 aliphatic heterocycles. The van der Waals surface area contributed by atoms with Gasteiger partial charge in [-0.15, -0.1) is 0 Å². The number of piperidine rings is 1. The van der Waals surface area contributed by atoms with Crippen LogP contribution in [0.1, 0.15) is 26.2 Å². The molecule has 1 aromatic heterocycles. The van der Waals surface area contributed by atoms with E-state index >= 15 is 0 Å². The molecule has 116 valence electrons. The molecule has 3 N–H and O–H groups in total. The Hall–Kier alpha value is -1.74. The van der Waals surface area contributed by atoms with Gasteiger partial charge in [0.2, 0.25) is 21.9 Å². The molecule has 1 aliphatic rings. The molecule has 2 heterocycles. The summed E-state index contributed by atoms with van der Waals surface area (Å²) in [5.41, 5.74) is 0. The summed E-state index contributed by atoms with van der Waals surface area (Å²) in [6.07, 6.45) is 4.61. The van der Waals surface area contributed by atoms with Gasteiger partial charge in [0.05, 0.1) is 12.4 Å². The van der Waals surface area contributed by atoms with Crippen molar-refractivity contribution in [3.63, 3.8) is 0 Å². The topological polar surface area (TPSA) is 113 Å². The van der Waals surface area contributed by atoms with Gasteiger partial charge in [-0.05, 0) is 19.3 Å². The molecule has 21 heavy (non-hydrogen) atoms. The van der Waals surface area contributed by atoms with Gasteiger partial charge in [-0.2, -0.15) is 4.72 Å². The molecule has 0 aliphatic carbocycles. The second-order valence-electron chi connectivity index (χ2n) is 4.78. The van der Waals surface area contributed by atoms with Gasteiger partial charge in [-0.25, -0.2) is 18.4 Å². The van der Waals surface area contributed by atoms with Crippen LogP contribution in [0.15, 0.2) is 17.3 Å². The van der Waals surface area contributed by atoms with Crippen molar-refractivity contribution in [2.75, 3.05) is 18.4 Å². The third kappa shape index (κ3) is 4.11. The Bertz CT molecular complexity index is 587. The number of rotatable bonds is 6. The van der Waals surface area contributed by atoms with Crippen molar-refractivity contribution in [2.45, 2.75) is 37.1 Å². The first kappa shape index (κ1) is 15.6. The fraction of sp³-hybridized carbons (Fsp3) is 0.583. The van der Waals surface area contributed by atoms with Crippen LogP contribution in [-0.4, -0.2) is 43.4 Å². The van der Waals surface area contributed by atoms with Gasteiger partial charge in [0.25, 0.3) is 0 Å². The maximum atomic E-state index is 12.2. The molecule has 1 atom stereocenters. The molecule has 8 nitrogen and oxygen atoms in total. The van der Waals surface area contributed by atoms with Crippen molar-refractivity contribution in [3.8, 4) is 0 Å². The molecule has 0 saturated carbocycles. The fourth-order valence-electron chi connectivity index (χ4n) is 1.92. The molecular formula is C12H19N5O3S. The molecule has 0 aromatic carbocycles. The Morgan fingerprint density at radius 2 is 2.10 bits per heavy atom. The predicted molar refractivity (Wildman–Crippen MR) is 77.2 cm³/mol. The minimum absolute atomic E-state index is 0.0529. The number of aromatic nitrogens is 2. The molecule has 9 heteroatoms. The molecule has 1 aromatic rings. The maximum Gasteiger partial charge on any atom is 0.244 e. The van der Waals surface area contributed by atoms with E-state index in [1.807, 2.05) is 6.92 Å². The lowest BCUT2D eigenvalue weighted by molar-refractivity contribution is -0.124. The highest BCUT2D eigenvalue weighted by Gasteiger charge is 2.28. The lowest BCUT2D eigenvalue weighted by Gasteiger charge is -2.22. The van der Waals surface area contributed by atoms with Crippen LogP contribution in [0, 0.1) is 0 Å². The molecular weight excluding hydrogens is 294 g/mol. The second kappa shape index (κ2) is 6.81. The van der Waals surface area contributed by atoms with Crippen LogP contribution in [-0.2, 0) is 14.8 Å². The summed E-state index contributed by atoms with van der Waals surface area (Å²) in [7, 11) is -3.79. The van der Waals surface area contributed by atoms with Crippen molar-refractivity contribution in [1.29, 1.82) is 0 Å². The van der Waals surface area contributed by atoms with Gasteiger partial charge in [0.15, 0.2) is 0 Å². The molecule has 2 rings (SSSR count). The number of sulfonamides is 1. The van der Waals surface area contributed by atoms with E-state index in [0.717, 1.165) is 12.8 Å². The molecule has 0 bridgehead atoms. The van der Waals surface area contributed by atoms with Crippen LogP contribution in [0.4, 0.5) is 5.95 Å². The van der Waals surface area contributed by atoms with Crippen molar-refractivity contribution >= 4 is 21.9 Å². The number of carbonyl (C=O) groups excluding carboxylic acids is 1. The van der Waals surface area contributed by atoms with Crippen LogP contribution in [0.5, 0.6) is 0 Å². The smallest absolute Gasteiger partial charge is 0.244 e. The first-order valence-corrected chi connectivity index (χ1v) is 8.37. The van der Waals surface area contributed by atoms with E-state index in [0.29, 0.717) is 25.5 Å². The average Bonchev–Trinajstić information content (AvgIpc) is 2.48. The first-order valence-electron chi connectivity index (χ1n) is 6.89. The van der Waals surface area contributed by atoms with Crippen molar-refractivity contribution in [3.05, 3.63) is 12.4 Å². The zero-order chi connectivity index (χ0) is 15.3. The van der Waals surface area contributed by atoms with Gasteiger partial charge in [0, 0.05) is 13.1 Å². The third-order valence-corrected chi connectivity index (χ3v) is 4.48. The Kier molecular flexibility index (Phi) is 5.07. The Morgan fingerprint density at radius 3 is 2.71 bits per heavy atom. The zero-order valence-electron chi connectivity index (χ0n) is 11.8. The molecule has 0 radical (unpaired) electrons. The number of carbonyl (C=O) groups is 1. The molecule has 0 spiro atoms. The van der Waals surface area contributed by atoms with E-state index in [1.165, 1.54) is 12.4 Å². The number of nitrogens with one attached hydrogen (secondary N) is 3. The van der Waals surface area contributed by atoms with Gasteiger partial charge >= 0.3 is 0 Å². The van der Waals surface area contributed by atoms with E-state index in [-0.39, 0.29) is 10.8 Å². The van der Waals surface area contributed by atoms with Crippen LogP contribution < -0.4 is 15.4 Å². The summed E-state index contributed by atoms with van der Waals surface area (Å²) in [4.78, 5) is 19.4. The summed E-state index contributed by atoms with van der Waals surface area (Å²) in [6.45, 7) is 3.30. The Balaban J connectivity index is 2.06. The van der Waals surface area contributed by atoms with E-state index < -0.39 is 16.1 Å². The molecule has 1 unspecified atom stereocenters. The number of amides is 1. The van der Waals surface area contributed by atoms with Gasteiger partial charge in [0.1, 0.15) is 10.9 Å². The van der Waals surface area contributed by atoms with E-state index in [9.17, 15) is 13.2 Å². The van der Waals surface area contributed by atoms with E-state index in [1.54, 1.807) is 0 Å². The highest BCUT2D eigenvalue weighted by molar-refractivity contribution is 7.89. The molecule has 1 amide bonds. The van der Waals surface area contributed by atoms with Crippen molar-refractivity contribution in [2.24, 2.45) is 0 Å². The molecule has 1 saturated heterocycles. The van der Waals surface area contributed by atoms with Crippen LogP contribution >= 0.6 is 0 Å². The highest BCUT2D eigenvalue weighted by Crippen LogP contribution is 2.11. The zero-order valence-corrected chi connectivity index (χ0v) is 12.6. The minimum Gasteiger partial charge on any atom is -0.355 e.